The molecule has 4 heteroatoms. The fraction of sp³-hybridized carbons (Fsp3) is 0. The summed E-state index contributed by atoms with van der Waals surface area (Å²) in [5.41, 5.74) is 2.75. The zero-order chi connectivity index (χ0) is 8.67. The van der Waals surface area contributed by atoms with Crippen LogP contribution < -0.4 is 0 Å². The van der Waals surface area contributed by atoms with Crippen LogP contribution in [0.25, 0.3) is 22.3 Å². The molecule has 0 spiro atoms. The number of rotatable bonds is 0. The molecule has 0 saturated carbocycles. The Hall–Kier alpha value is -1.97. The maximum Gasteiger partial charge on any atom is 0.247 e. The third kappa shape index (κ3) is 0.823. The van der Waals surface area contributed by atoms with Crippen LogP contribution in [-0.4, -0.2) is 15.0 Å². The van der Waals surface area contributed by atoms with Crippen LogP contribution in [0.5, 0.6) is 0 Å². The molecule has 0 atom stereocenters. The summed E-state index contributed by atoms with van der Waals surface area (Å²) >= 11 is 0. The lowest BCUT2D eigenvalue weighted by Crippen LogP contribution is -1.77. The van der Waals surface area contributed by atoms with Gasteiger partial charge in [0, 0.05) is 18.6 Å². The third-order valence-electron chi connectivity index (χ3n) is 1.87. The predicted molar refractivity (Wildman–Crippen MR) is 47.1 cm³/mol. The van der Waals surface area contributed by atoms with Crippen LogP contribution in [0.3, 0.4) is 0 Å². The fourth-order valence-corrected chi connectivity index (χ4v) is 1.32. The monoisotopic (exact) mass is 171 g/mol. The summed E-state index contributed by atoms with van der Waals surface area (Å²) in [4.78, 5) is 12.4. The summed E-state index contributed by atoms with van der Waals surface area (Å²) in [5, 5.41) is 0. The average Bonchev–Trinajstić information content (AvgIpc) is 2.56. The predicted octanol–water partition coefficient (Wildman–Crippen LogP) is 1.77. The summed E-state index contributed by atoms with van der Waals surface area (Å²) in [6, 6.07) is 3.68. The largest absolute Gasteiger partial charge is 0.435 e. The van der Waals surface area contributed by atoms with Crippen LogP contribution >= 0.6 is 0 Å². The van der Waals surface area contributed by atoms with Gasteiger partial charge in [0.15, 0.2) is 11.1 Å². The molecule has 0 aliphatic carbocycles. The van der Waals surface area contributed by atoms with Crippen LogP contribution in [0.2, 0.25) is 0 Å². The molecule has 3 heterocycles. The Labute approximate surface area is 73.2 Å². The van der Waals surface area contributed by atoms with Gasteiger partial charge in [0.2, 0.25) is 5.71 Å². The number of nitrogens with zero attached hydrogens (tertiary/aromatic N) is 3. The average molecular weight is 171 g/mol. The van der Waals surface area contributed by atoms with Gasteiger partial charge in [0.05, 0.1) is 0 Å². The smallest absolute Gasteiger partial charge is 0.247 e. The molecule has 0 aromatic carbocycles. The molecule has 0 aliphatic heterocycles. The molecule has 3 aromatic rings. The molecular weight excluding hydrogens is 166 g/mol. The van der Waals surface area contributed by atoms with Crippen molar-refractivity contribution < 1.29 is 4.42 Å². The number of hydrogen-bond donors (Lipinski definition) is 0. The van der Waals surface area contributed by atoms with Gasteiger partial charge in [0.1, 0.15) is 5.52 Å². The molecule has 0 saturated heterocycles. The highest BCUT2D eigenvalue weighted by Crippen LogP contribution is 2.22. The molecule has 0 aliphatic rings. The zero-order valence-corrected chi connectivity index (χ0v) is 6.64. The van der Waals surface area contributed by atoms with Gasteiger partial charge in [-0.25, -0.2) is 9.97 Å². The van der Waals surface area contributed by atoms with Crippen LogP contribution in [0.1, 0.15) is 0 Å². The molecule has 0 unspecified atom stereocenters. The lowest BCUT2D eigenvalue weighted by Gasteiger charge is -1.83. The highest BCUT2D eigenvalue weighted by molar-refractivity contribution is 5.97. The van der Waals surface area contributed by atoms with Crippen molar-refractivity contribution in [2.75, 3.05) is 0 Å². The molecule has 13 heavy (non-hydrogen) atoms. The minimum absolute atomic E-state index is 0.538. The van der Waals surface area contributed by atoms with Gasteiger partial charge in [-0.05, 0) is 12.1 Å². The van der Waals surface area contributed by atoms with Gasteiger partial charge >= 0.3 is 0 Å². The van der Waals surface area contributed by atoms with E-state index in [0.717, 1.165) is 16.6 Å². The molecule has 62 valence electrons. The molecule has 4 nitrogen and oxygen atoms in total. The molecule has 3 aromatic heterocycles. The minimum atomic E-state index is 0.538. The molecular formula is C9H5N3O. The van der Waals surface area contributed by atoms with Crippen LogP contribution in [0.15, 0.2) is 35.1 Å². The first-order valence-corrected chi connectivity index (χ1v) is 3.89. The second-order valence-electron chi connectivity index (χ2n) is 2.66. The highest BCUT2D eigenvalue weighted by Gasteiger charge is 2.07. The first-order chi connectivity index (χ1) is 6.45. The van der Waals surface area contributed by atoms with Gasteiger partial charge in [0.25, 0.3) is 0 Å². The summed E-state index contributed by atoms with van der Waals surface area (Å²) in [6.07, 6.45) is 4.95. The van der Waals surface area contributed by atoms with Gasteiger partial charge in [-0.2, -0.15) is 0 Å². The maximum absolute atomic E-state index is 5.42. The molecule has 0 N–H and O–H groups in total. The second kappa shape index (κ2) is 2.26. The Kier molecular flexibility index (Phi) is 1.14. The van der Waals surface area contributed by atoms with Crippen LogP contribution in [0, 0.1) is 0 Å². The van der Waals surface area contributed by atoms with Crippen LogP contribution in [0.4, 0.5) is 0 Å². The van der Waals surface area contributed by atoms with Crippen molar-refractivity contribution in [2.24, 2.45) is 0 Å². The number of aromatic nitrogens is 3. The van der Waals surface area contributed by atoms with Gasteiger partial charge in [-0.3, -0.25) is 4.98 Å². The number of hydrogen-bond acceptors (Lipinski definition) is 4. The van der Waals surface area contributed by atoms with E-state index in [1.807, 2.05) is 12.1 Å². The molecule has 0 fully saturated rings. The van der Waals surface area contributed by atoms with Crippen molar-refractivity contribution >= 4 is 22.3 Å². The standard InChI is InChI=1S/C9H5N3O/c1-2-6-7(10-3-1)8-9(13-6)12-5-4-11-8/h1-5H. The molecule has 0 radical (unpaired) electrons. The minimum Gasteiger partial charge on any atom is -0.435 e. The Morgan fingerprint density at radius 2 is 1.77 bits per heavy atom. The van der Waals surface area contributed by atoms with Gasteiger partial charge in [-0.1, -0.05) is 0 Å². The summed E-state index contributed by atoms with van der Waals surface area (Å²) in [7, 11) is 0. The number of furan rings is 1. The van der Waals surface area contributed by atoms with Crippen molar-refractivity contribution in [3.05, 3.63) is 30.7 Å². The Balaban J connectivity index is 2.64. The van der Waals surface area contributed by atoms with E-state index in [9.17, 15) is 0 Å². The first-order valence-electron chi connectivity index (χ1n) is 3.89. The summed E-state index contributed by atoms with van der Waals surface area (Å²) < 4.78 is 5.42. The lowest BCUT2D eigenvalue weighted by molar-refractivity contribution is 0.652. The van der Waals surface area contributed by atoms with Crippen molar-refractivity contribution in [3.8, 4) is 0 Å². The Morgan fingerprint density at radius 1 is 0.923 bits per heavy atom. The van der Waals surface area contributed by atoms with Crippen molar-refractivity contribution in [2.45, 2.75) is 0 Å². The van der Waals surface area contributed by atoms with E-state index in [2.05, 4.69) is 15.0 Å². The molecule has 3 rings (SSSR count). The topological polar surface area (TPSA) is 51.8 Å². The second-order valence-corrected chi connectivity index (χ2v) is 2.66. The van der Waals surface area contributed by atoms with Crippen molar-refractivity contribution in [1.82, 2.24) is 15.0 Å². The number of pyridine rings is 1. The van der Waals surface area contributed by atoms with Gasteiger partial charge in [-0.15, -0.1) is 0 Å². The zero-order valence-electron chi connectivity index (χ0n) is 6.64. The van der Waals surface area contributed by atoms with E-state index < -0.39 is 0 Å². The normalized spacial score (nSPS) is 11.1. The quantitative estimate of drug-likeness (QED) is 0.517. The third-order valence-corrected chi connectivity index (χ3v) is 1.87. The van der Waals surface area contributed by atoms with Crippen molar-refractivity contribution in [1.29, 1.82) is 0 Å². The summed E-state index contributed by atoms with van der Waals surface area (Å²) in [6.45, 7) is 0. The fourth-order valence-electron chi connectivity index (χ4n) is 1.32. The first kappa shape index (κ1) is 6.54. The maximum atomic E-state index is 5.42. The van der Waals surface area contributed by atoms with E-state index in [4.69, 9.17) is 4.42 Å². The van der Waals surface area contributed by atoms with E-state index in [0.29, 0.717) is 5.71 Å². The molecule has 0 amide bonds. The van der Waals surface area contributed by atoms with Crippen molar-refractivity contribution in [3.63, 3.8) is 0 Å². The highest BCUT2D eigenvalue weighted by atomic mass is 16.3. The molecule has 0 bridgehead atoms. The van der Waals surface area contributed by atoms with E-state index in [1.54, 1.807) is 18.6 Å². The Bertz CT molecular complexity index is 523. The van der Waals surface area contributed by atoms with E-state index >= 15 is 0 Å². The van der Waals surface area contributed by atoms with Gasteiger partial charge < -0.3 is 4.42 Å². The SMILES string of the molecule is c1cnc2c(c1)oc1nccnc12. The lowest BCUT2D eigenvalue weighted by atomic mass is 10.4. The summed E-state index contributed by atoms with van der Waals surface area (Å²) in [5.74, 6) is 0. The van der Waals surface area contributed by atoms with E-state index in [1.165, 1.54) is 0 Å². The van der Waals surface area contributed by atoms with E-state index in [-0.39, 0.29) is 0 Å². The number of fused-ring (bicyclic) bond motifs is 3. The Morgan fingerprint density at radius 3 is 2.77 bits per heavy atom. The van der Waals surface area contributed by atoms with Crippen LogP contribution in [-0.2, 0) is 0 Å².